The third-order valence-corrected chi connectivity index (χ3v) is 1.73. The van der Waals surface area contributed by atoms with E-state index in [2.05, 4.69) is 5.32 Å². The summed E-state index contributed by atoms with van der Waals surface area (Å²) in [5.74, 6) is -0.905. The predicted octanol–water partition coefficient (Wildman–Crippen LogP) is 0.0676. The smallest absolute Gasteiger partial charge is 0.317 e. The predicted molar refractivity (Wildman–Crippen MR) is 46.0 cm³/mol. The van der Waals surface area contributed by atoms with Crippen molar-refractivity contribution in [1.82, 2.24) is 5.32 Å². The normalized spacial score (nSPS) is 14.3. The second-order valence-corrected chi connectivity index (χ2v) is 3.88. The van der Waals surface area contributed by atoms with Crippen LogP contribution in [0.15, 0.2) is 0 Å². The SMILES string of the molecule is CC(C)(C)C(CO)NCC(=O)O. The summed E-state index contributed by atoms with van der Waals surface area (Å²) in [5, 5.41) is 20.1. The first-order chi connectivity index (χ1) is 5.38. The molecule has 0 aromatic rings. The summed E-state index contributed by atoms with van der Waals surface area (Å²) in [5.41, 5.74) is -0.121. The van der Waals surface area contributed by atoms with Crippen LogP contribution >= 0.6 is 0 Å². The number of carboxylic acids is 1. The third-order valence-electron chi connectivity index (χ3n) is 1.73. The van der Waals surface area contributed by atoms with Gasteiger partial charge in [-0.25, -0.2) is 0 Å². The van der Waals surface area contributed by atoms with Crippen LogP contribution in [-0.4, -0.2) is 35.4 Å². The summed E-state index contributed by atoms with van der Waals surface area (Å²) in [7, 11) is 0. The molecule has 1 atom stereocenters. The zero-order chi connectivity index (χ0) is 9.78. The molecule has 0 fully saturated rings. The minimum Gasteiger partial charge on any atom is -0.480 e. The van der Waals surface area contributed by atoms with Crippen molar-refractivity contribution in [1.29, 1.82) is 0 Å². The van der Waals surface area contributed by atoms with Gasteiger partial charge in [-0.2, -0.15) is 0 Å². The van der Waals surface area contributed by atoms with Gasteiger partial charge in [0.15, 0.2) is 0 Å². The first-order valence-electron chi connectivity index (χ1n) is 3.94. The monoisotopic (exact) mass is 175 g/mol. The van der Waals surface area contributed by atoms with E-state index in [4.69, 9.17) is 10.2 Å². The van der Waals surface area contributed by atoms with Crippen molar-refractivity contribution >= 4 is 5.97 Å². The van der Waals surface area contributed by atoms with E-state index in [1.54, 1.807) is 0 Å². The quantitative estimate of drug-likeness (QED) is 0.565. The minimum atomic E-state index is -0.905. The van der Waals surface area contributed by atoms with Crippen molar-refractivity contribution in [3.8, 4) is 0 Å². The molecule has 0 bridgehead atoms. The second kappa shape index (κ2) is 4.42. The lowest BCUT2D eigenvalue weighted by Gasteiger charge is -2.29. The molecule has 72 valence electrons. The maximum atomic E-state index is 10.2. The Balaban J connectivity index is 3.92. The fourth-order valence-corrected chi connectivity index (χ4v) is 0.855. The molecule has 0 saturated heterocycles. The molecule has 3 N–H and O–H groups in total. The van der Waals surface area contributed by atoms with Gasteiger partial charge in [-0.3, -0.25) is 4.79 Å². The van der Waals surface area contributed by atoms with Crippen molar-refractivity contribution in [3.05, 3.63) is 0 Å². The van der Waals surface area contributed by atoms with Gasteiger partial charge < -0.3 is 15.5 Å². The number of rotatable bonds is 4. The van der Waals surface area contributed by atoms with Crippen LogP contribution in [0.5, 0.6) is 0 Å². The van der Waals surface area contributed by atoms with Gasteiger partial charge in [-0.1, -0.05) is 20.8 Å². The van der Waals surface area contributed by atoms with E-state index in [9.17, 15) is 4.79 Å². The molecule has 0 aliphatic rings. The number of hydrogen-bond acceptors (Lipinski definition) is 3. The van der Waals surface area contributed by atoms with Gasteiger partial charge in [0, 0.05) is 6.04 Å². The maximum absolute atomic E-state index is 10.2. The molecule has 0 spiro atoms. The topological polar surface area (TPSA) is 69.6 Å². The summed E-state index contributed by atoms with van der Waals surface area (Å²) in [6.07, 6.45) is 0. The molecule has 0 aliphatic carbocycles. The minimum absolute atomic E-state index is 0.0449. The first-order valence-corrected chi connectivity index (χ1v) is 3.94. The van der Waals surface area contributed by atoms with Crippen LogP contribution in [0.2, 0.25) is 0 Å². The zero-order valence-electron chi connectivity index (χ0n) is 7.79. The Bertz CT molecular complexity index is 151. The van der Waals surface area contributed by atoms with Crippen molar-refractivity contribution in [2.45, 2.75) is 26.8 Å². The summed E-state index contributed by atoms with van der Waals surface area (Å²) < 4.78 is 0. The molecule has 0 heterocycles. The molecule has 1 unspecified atom stereocenters. The van der Waals surface area contributed by atoms with Gasteiger partial charge in [-0.05, 0) is 5.41 Å². The van der Waals surface area contributed by atoms with Crippen LogP contribution < -0.4 is 5.32 Å². The average molecular weight is 175 g/mol. The van der Waals surface area contributed by atoms with Crippen LogP contribution in [0.25, 0.3) is 0 Å². The Morgan fingerprint density at radius 3 is 2.25 bits per heavy atom. The molecule has 12 heavy (non-hydrogen) atoms. The fraction of sp³-hybridized carbons (Fsp3) is 0.875. The van der Waals surface area contributed by atoms with E-state index in [0.29, 0.717) is 0 Å². The van der Waals surface area contributed by atoms with E-state index >= 15 is 0 Å². The van der Waals surface area contributed by atoms with Crippen LogP contribution in [0.3, 0.4) is 0 Å². The lowest BCUT2D eigenvalue weighted by molar-refractivity contribution is -0.136. The number of aliphatic hydroxyl groups excluding tert-OH is 1. The van der Waals surface area contributed by atoms with E-state index < -0.39 is 5.97 Å². The van der Waals surface area contributed by atoms with Gasteiger partial charge in [0.2, 0.25) is 0 Å². The maximum Gasteiger partial charge on any atom is 0.317 e. The van der Waals surface area contributed by atoms with E-state index in [1.807, 2.05) is 20.8 Å². The molecule has 0 rings (SSSR count). The van der Waals surface area contributed by atoms with Crippen molar-refractivity contribution in [2.75, 3.05) is 13.2 Å². The third kappa shape index (κ3) is 4.31. The highest BCUT2D eigenvalue weighted by atomic mass is 16.4. The molecule has 0 amide bonds. The standard InChI is InChI=1S/C8H17NO3/c1-8(2,3)6(5-10)9-4-7(11)12/h6,9-10H,4-5H2,1-3H3,(H,11,12). The second-order valence-electron chi connectivity index (χ2n) is 3.88. The van der Waals surface area contributed by atoms with E-state index in [0.717, 1.165) is 0 Å². The van der Waals surface area contributed by atoms with Crippen molar-refractivity contribution in [2.24, 2.45) is 5.41 Å². The Kier molecular flexibility index (Phi) is 4.20. The van der Waals surface area contributed by atoms with Crippen LogP contribution in [-0.2, 0) is 4.79 Å². The summed E-state index contributed by atoms with van der Waals surface area (Å²) in [4.78, 5) is 10.2. The van der Waals surface area contributed by atoms with Crippen LogP contribution in [0.4, 0.5) is 0 Å². The highest BCUT2D eigenvalue weighted by molar-refractivity contribution is 5.69. The van der Waals surface area contributed by atoms with E-state index in [-0.39, 0.29) is 24.6 Å². The molecular weight excluding hydrogens is 158 g/mol. The summed E-state index contributed by atoms with van der Waals surface area (Å²) in [6, 6.07) is -0.173. The van der Waals surface area contributed by atoms with Crippen LogP contribution in [0, 0.1) is 5.41 Å². The van der Waals surface area contributed by atoms with Gasteiger partial charge in [0.05, 0.1) is 13.2 Å². The van der Waals surface area contributed by atoms with Gasteiger partial charge in [0.25, 0.3) is 0 Å². The average Bonchev–Trinajstić information content (AvgIpc) is 1.85. The molecule has 0 aromatic heterocycles. The first kappa shape index (κ1) is 11.4. The fourth-order valence-electron chi connectivity index (χ4n) is 0.855. The number of aliphatic carboxylic acids is 1. The lowest BCUT2D eigenvalue weighted by atomic mass is 9.87. The number of carboxylic acid groups (broad SMARTS) is 1. The molecule has 0 aromatic carbocycles. The summed E-state index contributed by atoms with van der Waals surface area (Å²) >= 11 is 0. The highest BCUT2D eigenvalue weighted by Gasteiger charge is 2.23. The Hall–Kier alpha value is -0.610. The van der Waals surface area contributed by atoms with Gasteiger partial charge >= 0.3 is 5.97 Å². The number of nitrogens with one attached hydrogen (secondary N) is 1. The number of hydrogen-bond donors (Lipinski definition) is 3. The Morgan fingerprint density at radius 1 is 1.50 bits per heavy atom. The van der Waals surface area contributed by atoms with Gasteiger partial charge in [-0.15, -0.1) is 0 Å². The highest BCUT2D eigenvalue weighted by Crippen LogP contribution is 2.18. The Labute approximate surface area is 72.6 Å². The molecule has 4 heteroatoms. The zero-order valence-corrected chi connectivity index (χ0v) is 7.79. The summed E-state index contributed by atoms with van der Waals surface area (Å²) in [6.45, 7) is 5.69. The molecule has 4 nitrogen and oxygen atoms in total. The van der Waals surface area contributed by atoms with E-state index in [1.165, 1.54) is 0 Å². The Morgan fingerprint density at radius 2 is 2.00 bits per heavy atom. The van der Waals surface area contributed by atoms with Crippen molar-refractivity contribution in [3.63, 3.8) is 0 Å². The van der Waals surface area contributed by atoms with Gasteiger partial charge in [0.1, 0.15) is 0 Å². The molecular formula is C8H17NO3. The largest absolute Gasteiger partial charge is 0.480 e. The molecule has 0 radical (unpaired) electrons. The number of aliphatic hydroxyl groups is 1. The lowest BCUT2D eigenvalue weighted by Crippen LogP contribution is -2.45. The number of carbonyl (C=O) groups is 1. The molecule has 0 aliphatic heterocycles. The molecule has 0 saturated carbocycles. The van der Waals surface area contributed by atoms with Crippen molar-refractivity contribution < 1.29 is 15.0 Å². The van der Waals surface area contributed by atoms with Crippen LogP contribution in [0.1, 0.15) is 20.8 Å².